The van der Waals surface area contributed by atoms with Crippen LogP contribution >= 0.6 is 12.4 Å². The molecule has 0 spiro atoms. The Morgan fingerprint density at radius 1 is 1.47 bits per heavy atom. The van der Waals surface area contributed by atoms with E-state index in [0.717, 1.165) is 19.5 Å². The van der Waals surface area contributed by atoms with E-state index < -0.39 is 18.3 Å². The van der Waals surface area contributed by atoms with E-state index in [0.29, 0.717) is 12.3 Å². The van der Waals surface area contributed by atoms with Crippen molar-refractivity contribution in [3.8, 4) is 0 Å². The zero-order valence-electron chi connectivity index (χ0n) is 9.02. The van der Waals surface area contributed by atoms with Crippen molar-refractivity contribution < 1.29 is 22.4 Å². The number of carbonyl (C=O) groups excluding carboxylic acids is 1. The van der Waals surface area contributed by atoms with Gasteiger partial charge in [0.25, 0.3) is 5.91 Å². The Morgan fingerprint density at radius 3 is 2.59 bits per heavy atom. The highest BCUT2D eigenvalue weighted by Crippen LogP contribution is 2.22. The third-order valence-corrected chi connectivity index (χ3v) is 2.58. The lowest BCUT2D eigenvalue weighted by molar-refractivity contribution is -0.169. The van der Waals surface area contributed by atoms with Gasteiger partial charge >= 0.3 is 12.3 Å². The molecule has 2 N–H and O–H groups in total. The molecule has 1 amide bonds. The van der Waals surface area contributed by atoms with Gasteiger partial charge in [-0.1, -0.05) is 0 Å². The van der Waals surface area contributed by atoms with Crippen LogP contribution in [-0.2, 0) is 4.79 Å². The Bertz CT molecular complexity index is 247. The average Bonchev–Trinajstić information content (AvgIpc) is 2.70. The summed E-state index contributed by atoms with van der Waals surface area (Å²) >= 11 is 0. The van der Waals surface area contributed by atoms with E-state index in [2.05, 4.69) is 5.32 Å². The molecule has 1 aliphatic heterocycles. The molecule has 17 heavy (non-hydrogen) atoms. The highest BCUT2D eigenvalue weighted by atomic mass is 35.5. The molecule has 0 radical (unpaired) electrons. The van der Waals surface area contributed by atoms with Crippen LogP contribution in [0.1, 0.15) is 12.8 Å². The van der Waals surface area contributed by atoms with Crippen molar-refractivity contribution in [3.63, 3.8) is 0 Å². The zero-order chi connectivity index (χ0) is 12.2. The Balaban J connectivity index is 0.00000256. The number of hydrogen-bond donors (Lipinski definition) is 2. The summed E-state index contributed by atoms with van der Waals surface area (Å²) < 4.78 is 48.5. The Kier molecular flexibility index (Phi) is 6.77. The number of carbonyl (C=O) groups is 1. The van der Waals surface area contributed by atoms with Crippen LogP contribution in [0.2, 0.25) is 0 Å². The van der Waals surface area contributed by atoms with Crippen LogP contribution in [-0.4, -0.2) is 37.9 Å². The van der Waals surface area contributed by atoms with Crippen LogP contribution in [0.15, 0.2) is 0 Å². The molecule has 0 bridgehead atoms. The topological polar surface area (TPSA) is 41.1 Å². The summed E-state index contributed by atoms with van der Waals surface area (Å²) in [6.07, 6.45) is -2.51. The minimum absolute atomic E-state index is 0. The SMILES string of the molecule is Cl.O=C(NCCC1CCNC1)C(F)(F)C(F)F. The van der Waals surface area contributed by atoms with Crippen molar-refractivity contribution in [1.82, 2.24) is 10.6 Å². The molecule has 8 heteroatoms. The fourth-order valence-corrected chi connectivity index (χ4v) is 1.57. The smallest absolute Gasteiger partial charge is 0.351 e. The molecule has 0 aromatic carbocycles. The number of rotatable bonds is 5. The summed E-state index contributed by atoms with van der Waals surface area (Å²) in [6, 6.07) is 0. The summed E-state index contributed by atoms with van der Waals surface area (Å²) in [6.45, 7) is 1.65. The standard InChI is InChI=1S/C9H14F4N2O.ClH/c10-7(11)9(12,13)8(16)15-4-2-6-1-3-14-5-6;/h6-7,14H,1-5H2,(H,15,16);1H. The summed E-state index contributed by atoms with van der Waals surface area (Å²) in [5.41, 5.74) is 0. The maximum Gasteiger partial charge on any atom is 0.383 e. The summed E-state index contributed by atoms with van der Waals surface area (Å²) in [4.78, 5) is 10.7. The molecule has 1 unspecified atom stereocenters. The average molecular weight is 279 g/mol. The van der Waals surface area contributed by atoms with Gasteiger partial charge in [-0.05, 0) is 31.8 Å². The van der Waals surface area contributed by atoms with E-state index in [1.165, 1.54) is 0 Å². The van der Waals surface area contributed by atoms with Gasteiger partial charge in [0.1, 0.15) is 0 Å². The Hall–Kier alpha value is -0.560. The van der Waals surface area contributed by atoms with Gasteiger partial charge in [0.05, 0.1) is 0 Å². The fraction of sp³-hybridized carbons (Fsp3) is 0.889. The normalized spacial score (nSPS) is 20.2. The highest BCUT2D eigenvalue weighted by molar-refractivity contribution is 5.85. The van der Waals surface area contributed by atoms with E-state index in [9.17, 15) is 22.4 Å². The maximum absolute atomic E-state index is 12.5. The fourth-order valence-electron chi connectivity index (χ4n) is 1.57. The highest BCUT2D eigenvalue weighted by Gasteiger charge is 2.48. The minimum atomic E-state index is -4.59. The molecule has 0 aromatic heterocycles. The number of halogens is 5. The van der Waals surface area contributed by atoms with Crippen LogP contribution in [0.4, 0.5) is 17.6 Å². The second-order valence-corrected chi connectivity index (χ2v) is 3.83. The van der Waals surface area contributed by atoms with Gasteiger partial charge in [0, 0.05) is 6.54 Å². The molecule has 1 heterocycles. The van der Waals surface area contributed by atoms with Crippen molar-refractivity contribution in [2.45, 2.75) is 25.2 Å². The van der Waals surface area contributed by atoms with Crippen molar-refractivity contribution >= 4 is 18.3 Å². The quantitative estimate of drug-likeness (QED) is 0.747. The minimum Gasteiger partial charge on any atom is -0.351 e. The second-order valence-electron chi connectivity index (χ2n) is 3.83. The van der Waals surface area contributed by atoms with Gasteiger partial charge < -0.3 is 10.6 Å². The van der Waals surface area contributed by atoms with E-state index >= 15 is 0 Å². The van der Waals surface area contributed by atoms with Gasteiger partial charge in [-0.3, -0.25) is 4.79 Å². The van der Waals surface area contributed by atoms with Gasteiger partial charge in [-0.25, -0.2) is 8.78 Å². The van der Waals surface area contributed by atoms with E-state index in [1.54, 1.807) is 0 Å². The largest absolute Gasteiger partial charge is 0.383 e. The van der Waals surface area contributed by atoms with Crippen LogP contribution in [0, 0.1) is 5.92 Å². The maximum atomic E-state index is 12.5. The molecule has 1 fully saturated rings. The first-order valence-electron chi connectivity index (χ1n) is 5.09. The van der Waals surface area contributed by atoms with Crippen molar-refractivity contribution in [3.05, 3.63) is 0 Å². The summed E-state index contributed by atoms with van der Waals surface area (Å²) in [5, 5.41) is 4.91. The molecular formula is C9H15ClF4N2O. The van der Waals surface area contributed by atoms with E-state index in [4.69, 9.17) is 0 Å². The molecule has 102 valence electrons. The van der Waals surface area contributed by atoms with Gasteiger partial charge in [-0.2, -0.15) is 8.78 Å². The predicted octanol–water partition coefficient (Wildman–Crippen LogP) is 1.42. The first kappa shape index (κ1) is 16.4. The number of nitrogens with one attached hydrogen (secondary N) is 2. The molecule has 0 aromatic rings. The Labute approximate surface area is 103 Å². The number of hydrogen-bond acceptors (Lipinski definition) is 2. The molecule has 1 rings (SSSR count). The van der Waals surface area contributed by atoms with Crippen molar-refractivity contribution in [2.75, 3.05) is 19.6 Å². The first-order valence-corrected chi connectivity index (χ1v) is 5.09. The molecule has 3 nitrogen and oxygen atoms in total. The van der Waals surface area contributed by atoms with E-state index in [-0.39, 0.29) is 19.0 Å². The second kappa shape index (κ2) is 7.00. The van der Waals surface area contributed by atoms with Gasteiger partial charge in [0.2, 0.25) is 0 Å². The van der Waals surface area contributed by atoms with Crippen LogP contribution in [0.5, 0.6) is 0 Å². The lowest BCUT2D eigenvalue weighted by Gasteiger charge is -2.15. The van der Waals surface area contributed by atoms with Crippen LogP contribution in [0.25, 0.3) is 0 Å². The molecule has 1 atom stereocenters. The monoisotopic (exact) mass is 278 g/mol. The zero-order valence-corrected chi connectivity index (χ0v) is 9.84. The van der Waals surface area contributed by atoms with Gasteiger partial charge in [-0.15, -0.1) is 12.4 Å². The number of alkyl halides is 4. The molecule has 0 aliphatic carbocycles. The third kappa shape index (κ3) is 4.67. The lowest BCUT2D eigenvalue weighted by atomic mass is 10.1. The molecule has 1 aliphatic rings. The van der Waals surface area contributed by atoms with Crippen LogP contribution in [0.3, 0.4) is 0 Å². The molecule has 1 saturated heterocycles. The first-order chi connectivity index (χ1) is 7.44. The van der Waals surface area contributed by atoms with Crippen molar-refractivity contribution in [2.24, 2.45) is 5.92 Å². The number of amides is 1. The van der Waals surface area contributed by atoms with Crippen molar-refractivity contribution in [1.29, 1.82) is 0 Å². The predicted molar refractivity (Wildman–Crippen MR) is 56.8 cm³/mol. The van der Waals surface area contributed by atoms with Crippen LogP contribution < -0.4 is 10.6 Å². The Morgan fingerprint density at radius 2 is 2.12 bits per heavy atom. The summed E-state index contributed by atoms with van der Waals surface area (Å²) in [5.74, 6) is -6.16. The molecular weight excluding hydrogens is 264 g/mol. The molecule has 0 saturated carbocycles. The summed E-state index contributed by atoms with van der Waals surface area (Å²) in [7, 11) is 0. The van der Waals surface area contributed by atoms with E-state index in [1.807, 2.05) is 5.32 Å². The van der Waals surface area contributed by atoms with Gasteiger partial charge in [0.15, 0.2) is 0 Å². The third-order valence-electron chi connectivity index (χ3n) is 2.58. The lowest BCUT2D eigenvalue weighted by Crippen LogP contribution is -2.45.